The van der Waals surface area contributed by atoms with Crippen molar-refractivity contribution in [1.82, 2.24) is 5.43 Å². The molecule has 0 aliphatic carbocycles. The largest absolute Gasteiger partial charge is 0.493 e. The van der Waals surface area contributed by atoms with E-state index in [1.165, 1.54) is 13.3 Å². The summed E-state index contributed by atoms with van der Waals surface area (Å²) in [5.74, 6) is 0.381. The summed E-state index contributed by atoms with van der Waals surface area (Å²) < 4.78 is 16.4. The molecule has 2 N–H and O–H groups in total. The van der Waals surface area contributed by atoms with E-state index in [4.69, 9.17) is 37.4 Å². The van der Waals surface area contributed by atoms with E-state index in [1.807, 2.05) is 25.1 Å². The zero-order valence-corrected chi connectivity index (χ0v) is 21.2. The van der Waals surface area contributed by atoms with Gasteiger partial charge in [-0.05, 0) is 54.4 Å². The van der Waals surface area contributed by atoms with E-state index < -0.39 is 5.91 Å². The lowest BCUT2D eigenvalue weighted by Crippen LogP contribution is -2.20. The topological polar surface area (TPSA) is 98.3 Å². The molecular weight excluding hydrogens is 505 g/mol. The van der Waals surface area contributed by atoms with Gasteiger partial charge in [0.2, 0.25) is 0 Å². The zero-order valence-electron chi connectivity index (χ0n) is 19.7. The smallest absolute Gasteiger partial charge is 0.271 e. The van der Waals surface area contributed by atoms with Crippen LogP contribution < -0.4 is 25.0 Å². The lowest BCUT2D eigenvalue weighted by Gasteiger charge is -2.11. The summed E-state index contributed by atoms with van der Waals surface area (Å²) in [4.78, 5) is 24.6. The van der Waals surface area contributed by atoms with E-state index in [0.717, 1.165) is 6.42 Å². The fourth-order valence-electron chi connectivity index (χ4n) is 3.02. The van der Waals surface area contributed by atoms with Crippen LogP contribution in [0.3, 0.4) is 0 Å². The van der Waals surface area contributed by atoms with Gasteiger partial charge in [-0.2, -0.15) is 5.10 Å². The zero-order chi connectivity index (χ0) is 25.9. The minimum absolute atomic E-state index is 0.167. The minimum atomic E-state index is -0.437. The van der Waals surface area contributed by atoms with Crippen LogP contribution in [0, 0.1) is 0 Å². The first-order valence-corrected chi connectivity index (χ1v) is 11.8. The van der Waals surface area contributed by atoms with E-state index >= 15 is 0 Å². The second kappa shape index (κ2) is 13.4. The van der Waals surface area contributed by atoms with Gasteiger partial charge in [-0.15, -0.1) is 0 Å². The van der Waals surface area contributed by atoms with Crippen molar-refractivity contribution < 1.29 is 23.8 Å². The third kappa shape index (κ3) is 7.63. The van der Waals surface area contributed by atoms with Crippen LogP contribution >= 0.6 is 23.2 Å². The van der Waals surface area contributed by atoms with Crippen LogP contribution in [0.5, 0.6) is 17.2 Å². The number of hydrazone groups is 1. The van der Waals surface area contributed by atoms with Gasteiger partial charge < -0.3 is 19.5 Å². The van der Waals surface area contributed by atoms with Gasteiger partial charge in [0, 0.05) is 11.3 Å². The highest BCUT2D eigenvalue weighted by atomic mass is 35.5. The van der Waals surface area contributed by atoms with Crippen molar-refractivity contribution >= 4 is 46.9 Å². The average molecular weight is 530 g/mol. The molecule has 0 atom stereocenters. The van der Waals surface area contributed by atoms with Crippen molar-refractivity contribution in [2.45, 2.75) is 13.3 Å². The Morgan fingerprint density at radius 2 is 1.69 bits per heavy atom. The van der Waals surface area contributed by atoms with Crippen LogP contribution in [0.2, 0.25) is 10.0 Å². The molecule has 0 aliphatic heterocycles. The van der Waals surface area contributed by atoms with Crippen LogP contribution in [0.25, 0.3) is 0 Å². The van der Waals surface area contributed by atoms with Crippen molar-refractivity contribution in [3.8, 4) is 17.2 Å². The van der Waals surface area contributed by atoms with Gasteiger partial charge in [-0.25, -0.2) is 5.43 Å². The maximum Gasteiger partial charge on any atom is 0.271 e. The Hall–Kier alpha value is -3.75. The molecule has 188 valence electrons. The van der Waals surface area contributed by atoms with Gasteiger partial charge in [0.25, 0.3) is 11.8 Å². The summed E-state index contributed by atoms with van der Waals surface area (Å²) >= 11 is 12.6. The second-order valence-electron chi connectivity index (χ2n) is 7.43. The molecule has 0 aromatic heterocycles. The summed E-state index contributed by atoms with van der Waals surface area (Å²) in [7, 11) is 1.50. The SMILES string of the molecule is CCCOc1ccc(C(=O)N/N=C/c2cc(Cl)c(OCC(=O)Nc3ccccc3)c(Cl)c2)cc1OC. The average Bonchev–Trinajstić information content (AvgIpc) is 2.87. The number of benzene rings is 3. The van der Waals surface area contributed by atoms with Crippen LogP contribution in [0.15, 0.2) is 65.8 Å². The fraction of sp³-hybridized carbons (Fsp3) is 0.192. The summed E-state index contributed by atoms with van der Waals surface area (Å²) in [6, 6.07) is 17.0. The number of hydrogen-bond donors (Lipinski definition) is 2. The number of ether oxygens (including phenoxy) is 3. The predicted octanol–water partition coefficient (Wildman–Crippen LogP) is 5.57. The summed E-state index contributed by atoms with van der Waals surface area (Å²) in [6.45, 7) is 2.27. The van der Waals surface area contributed by atoms with Crippen LogP contribution in [-0.4, -0.2) is 38.4 Å². The number of nitrogens with zero attached hydrogens (tertiary/aromatic N) is 1. The van der Waals surface area contributed by atoms with E-state index in [0.29, 0.717) is 34.9 Å². The summed E-state index contributed by atoms with van der Waals surface area (Å²) in [5.41, 5.74) is 3.96. The number of methoxy groups -OCH3 is 1. The molecule has 0 unspecified atom stereocenters. The molecule has 3 aromatic carbocycles. The molecule has 3 rings (SSSR count). The molecule has 10 heteroatoms. The van der Waals surface area contributed by atoms with Crippen LogP contribution in [0.1, 0.15) is 29.3 Å². The Kier molecular flexibility index (Phi) is 9.97. The highest BCUT2D eigenvalue weighted by Gasteiger charge is 2.13. The van der Waals surface area contributed by atoms with Crippen molar-refractivity contribution in [2.24, 2.45) is 5.10 Å². The molecular formula is C26H25Cl2N3O5. The van der Waals surface area contributed by atoms with E-state index in [-0.39, 0.29) is 28.3 Å². The Morgan fingerprint density at radius 3 is 2.36 bits per heavy atom. The first-order valence-electron chi connectivity index (χ1n) is 11.0. The number of anilines is 1. The molecule has 0 spiro atoms. The van der Waals surface area contributed by atoms with E-state index in [9.17, 15) is 9.59 Å². The normalized spacial score (nSPS) is 10.7. The Bertz CT molecular complexity index is 1210. The lowest BCUT2D eigenvalue weighted by molar-refractivity contribution is -0.118. The molecule has 0 heterocycles. The molecule has 0 saturated carbocycles. The number of hydrogen-bond acceptors (Lipinski definition) is 6. The number of para-hydroxylation sites is 1. The van der Waals surface area contributed by atoms with Crippen molar-refractivity contribution in [1.29, 1.82) is 0 Å². The standard InChI is InChI=1S/C26H25Cl2N3O5/c1-3-11-35-22-10-9-18(14-23(22)34-2)26(33)31-29-15-17-12-20(27)25(21(28)13-17)36-16-24(32)30-19-7-5-4-6-8-19/h4-10,12-15H,3,11,16H2,1-2H3,(H,30,32)(H,31,33)/b29-15+. The van der Waals surface area contributed by atoms with E-state index in [1.54, 1.807) is 42.5 Å². The molecule has 8 nitrogen and oxygen atoms in total. The predicted molar refractivity (Wildman–Crippen MR) is 141 cm³/mol. The number of amides is 2. The Labute approximate surface area is 219 Å². The van der Waals surface area contributed by atoms with Crippen LogP contribution in [0.4, 0.5) is 5.69 Å². The molecule has 36 heavy (non-hydrogen) atoms. The van der Waals surface area contributed by atoms with Gasteiger partial charge in [-0.3, -0.25) is 9.59 Å². The third-order valence-corrected chi connectivity index (χ3v) is 5.25. The molecule has 0 bridgehead atoms. The van der Waals surface area contributed by atoms with Gasteiger partial charge in [0.1, 0.15) is 0 Å². The van der Waals surface area contributed by atoms with Gasteiger partial charge in [0.05, 0.1) is 30.0 Å². The molecule has 3 aromatic rings. The molecule has 0 radical (unpaired) electrons. The monoisotopic (exact) mass is 529 g/mol. The lowest BCUT2D eigenvalue weighted by atomic mass is 10.2. The molecule has 0 saturated heterocycles. The highest BCUT2D eigenvalue weighted by molar-refractivity contribution is 6.37. The second-order valence-corrected chi connectivity index (χ2v) is 8.24. The first kappa shape index (κ1) is 26.8. The van der Waals surface area contributed by atoms with Crippen molar-refractivity contribution in [3.05, 3.63) is 81.8 Å². The molecule has 2 amide bonds. The van der Waals surface area contributed by atoms with Crippen LogP contribution in [-0.2, 0) is 4.79 Å². The fourth-order valence-corrected chi connectivity index (χ4v) is 3.63. The molecule has 0 aliphatic rings. The Balaban J connectivity index is 1.58. The number of carbonyl (C=O) groups excluding carboxylic acids is 2. The Morgan fingerprint density at radius 1 is 0.972 bits per heavy atom. The first-order chi connectivity index (χ1) is 17.4. The maximum absolute atomic E-state index is 12.5. The van der Waals surface area contributed by atoms with E-state index in [2.05, 4.69) is 15.8 Å². The number of rotatable bonds is 11. The molecule has 0 fully saturated rings. The highest BCUT2D eigenvalue weighted by Crippen LogP contribution is 2.34. The van der Waals surface area contributed by atoms with Crippen molar-refractivity contribution in [3.63, 3.8) is 0 Å². The summed E-state index contributed by atoms with van der Waals surface area (Å²) in [6.07, 6.45) is 2.24. The summed E-state index contributed by atoms with van der Waals surface area (Å²) in [5, 5.41) is 7.05. The minimum Gasteiger partial charge on any atom is -0.493 e. The third-order valence-electron chi connectivity index (χ3n) is 4.69. The number of halogens is 2. The van der Waals surface area contributed by atoms with Gasteiger partial charge in [0.15, 0.2) is 23.9 Å². The number of carbonyl (C=O) groups is 2. The quantitative estimate of drug-likeness (QED) is 0.250. The van der Waals surface area contributed by atoms with Gasteiger partial charge in [-0.1, -0.05) is 48.3 Å². The van der Waals surface area contributed by atoms with Gasteiger partial charge >= 0.3 is 0 Å². The van der Waals surface area contributed by atoms with Crippen molar-refractivity contribution in [2.75, 3.05) is 25.6 Å². The number of nitrogens with one attached hydrogen (secondary N) is 2. The maximum atomic E-state index is 12.5.